The first kappa shape index (κ1) is 28.9. The molecule has 4 fully saturated rings. The van der Waals surface area contributed by atoms with E-state index in [0.29, 0.717) is 31.5 Å². The van der Waals surface area contributed by atoms with Crippen LogP contribution in [0.25, 0.3) is 0 Å². The van der Waals surface area contributed by atoms with E-state index in [4.69, 9.17) is 4.74 Å². The molecule has 5 aliphatic rings. The number of halogens is 3. The maximum atomic E-state index is 14.3. The molecule has 0 bridgehead atoms. The number of hydrogen-bond donors (Lipinski definition) is 0. The number of carbonyl (C=O) groups excluding carboxylic acids is 3. The zero-order valence-electron chi connectivity index (χ0n) is 24.6. The van der Waals surface area contributed by atoms with Crippen molar-refractivity contribution in [3.63, 3.8) is 0 Å². The van der Waals surface area contributed by atoms with Crippen LogP contribution in [0.5, 0.6) is 0 Å². The van der Waals surface area contributed by atoms with E-state index in [-0.39, 0.29) is 45.2 Å². The molecular weight excluding hydrogens is 505 g/mol. The molecule has 0 unspecified atom stereocenters. The molecule has 39 heavy (non-hydrogen) atoms. The fourth-order valence-corrected chi connectivity index (χ4v) is 10.5. The molecule has 5 rings (SSSR count). The van der Waals surface area contributed by atoms with E-state index < -0.39 is 29.6 Å². The van der Waals surface area contributed by atoms with E-state index in [2.05, 4.69) is 41.5 Å². The Morgan fingerprint density at radius 3 is 2.23 bits per heavy atom. The van der Waals surface area contributed by atoms with E-state index in [1.54, 1.807) is 6.92 Å². The van der Waals surface area contributed by atoms with Crippen LogP contribution in [0, 0.1) is 50.2 Å². The lowest BCUT2D eigenvalue weighted by atomic mass is 9.33. The average Bonchev–Trinajstić information content (AvgIpc) is 2.82. The molecule has 0 amide bonds. The minimum absolute atomic E-state index is 0.0648. The highest BCUT2D eigenvalue weighted by Gasteiger charge is 2.70. The van der Waals surface area contributed by atoms with Gasteiger partial charge in [0.1, 0.15) is 5.78 Å². The number of Topliss-reactive ketones (excluding diaryl/α,β-unsaturated/α-hetero) is 1. The Bertz CT molecular complexity index is 1140. The summed E-state index contributed by atoms with van der Waals surface area (Å²) in [4.78, 5) is 40.2. The summed E-state index contributed by atoms with van der Waals surface area (Å²) in [6, 6.07) is 0. The minimum atomic E-state index is -4.56. The van der Waals surface area contributed by atoms with Gasteiger partial charge in [-0.1, -0.05) is 47.1 Å². The highest BCUT2D eigenvalue weighted by molar-refractivity contribution is 5.96. The number of allylic oxidation sites excluding steroid dienone is 2. The zero-order valence-corrected chi connectivity index (χ0v) is 24.6. The molecule has 0 heterocycles. The molecule has 0 aliphatic heterocycles. The highest BCUT2D eigenvalue weighted by atomic mass is 19.4. The molecule has 4 saturated carbocycles. The van der Waals surface area contributed by atoms with Crippen LogP contribution >= 0.6 is 0 Å². The molecule has 0 aromatic rings. The molecular formula is C32H45F3O4. The van der Waals surface area contributed by atoms with Crippen LogP contribution in [-0.2, 0) is 19.1 Å². The van der Waals surface area contributed by atoms with Gasteiger partial charge < -0.3 is 4.74 Å². The lowest BCUT2D eigenvalue weighted by Gasteiger charge is -2.69. The number of rotatable bonds is 2. The van der Waals surface area contributed by atoms with Crippen molar-refractivity contribution in [3.8, 4) is 0 Å². The second-order valence-corrected chi connectivity index (χ2v) is 15.6. The Kier molecular flexibility index (Phi) is 6.24. The molecule has 8 atom stereocenters. The molecule has 0 aromatic carbocycles. The number of alkyl halides is 3. The van der Waals surface area contributed by atoms with Crippen molar-refractivity contribution in [2.24, 2.45) is 50.2 Å². The number of fused-ring (bicyclic) bond motifs is 7. The lowest BCUT2D eigenvalue weighted by molar-refractivity contribution is -0.198. The van der Waals surface area contributed by atoms with Crippen LogP contribution in [0.15, 0.2) is 11.6 Å². The monoisotopic (exact) mass is 550 g/mol. The van der Waals surface area contributed by atoms with Gasteiger partial charge in [0, 0.05) is 17.8 Å². The first-order valence-electron chi connectivity index (χ1n) is 14.8. The third kappa shape index (κ3) is 3.94. The molecule has 0 spiro atoms. The van der Waals surface area contributed by atoms with Crippen molar-refractivity contribution in [1.29, 1.82) is 0 Å². The predicted molar refractivity (Wildman–Crippen MR) is 141 cm³/mol. The summed E-state index contributed by atoms with van der Waals surface area (Å²) in [6.07, 6.45) is 3.84. The number of hydrogen-bond acceptors (Lipinski definition) is 4. The number of carbonyl (C=O) groups is 3. The first-order valence-corrected chi connectivity index (χ1v) is 14.8. The SMILES string of the molecule is CC1(C)C(=O)CC[C@]2(C)[C@H]3C(=O)C=C4[C@@H]5C[C@@](C)(C(=O)OCC(F)(F)F)CC[C@]5(C)CC[C@@]4(C)[C@]3(C)CC[C@@H]12. The van der Waals surface area contributed by atoms with Gasteiger partial charge in [-0.25, -0.2) is 0 Å². The van der Waals surface area contributed by atoms with Crippen LogP contribution < -0.4 is 0 Å². The molecule has 7 heteroatoms. The van der Waals surface area contributed by atoms with Gasteiger partial charge in [0.15, 0.2) is 12.4 Å². The van der Waals surface area contributed by atoms with Gasteiger partial charge in [-0.15, -0.1) is 0 Å². The Labute approximate surface area is 230 Å². The molecule has 0 N–H and O–H groups in total. The standard InChI is InChI=1S/C32H45F3O4/c1-26(2)22-8-11-31(7)24(29(22,5)10-9-23(26)37)21(36)16-19-20-17-28(4,25(38)39-18-32(33,34)35)13-12-27(20,3)14-15-30(19,31)6/h16,20,22,24H,8-15,17-18H2,1-7H3/t20-,22-,24+,27+,28-,29-,30+,31+/m0/s1. The zero-order chi connectivity index (χ0) is 29.0. The molecule has 218 valence electrons. The van der Waals surface area contributed by atoms with Gasteiger partial charge in [0.25, 0.3) is 0 Å². The summed E-state index contributed by atoms with van der Waals surface area (Å²) in [7, 11) is 0. The van der Waals surface area contributed by atoms with Crippen LogP contribution in [0.1, 0.15) is 106 Å². The van der Waals surface area contributed by atoms with Gasteiger partial charge in [-0.3, -0.25) is 14.4 Å². The summed E-state index contributed by atoms with van der Waals surface area (Å²) >= 11 is 0. The van der Waals surface area contributed by atoms with Crippen LogP contribution in [0.4, 0.5) is 13.2 Å². The second-order valence-electron chi connectivity index (χ2n) is 15.6. The molecule has 0 saturated heterocycles. The first-order chi connectivity index (χ1) is 17.7. The molecule has 0 aromatic heterocycles. The summed E-state index contributed by atoms with van der Waals surface area (Å²) in [5.74, 6) is -0.443. The average molecular weight is 551 g/mol. The van der Waals surface area contributed by atoms with Gasteiger partial charge in [-0.2, -0.15) is 13.2 Å². The Morgan fingerprint density at radius 1 is 0.949 bits per heavy atom. The van der Waals surface area contributed by atoms with E-state index >= 15 is 0 Å². The number of esters is 1. The summed E-state index contributed by atoms with van der Waals surface area (Å²) < 4.78 is 43.3. The van der Waals surface area contributed by atoms with Crippen LogP contribution in [0.3, 0.4) is 0 Å². The quantitative estimate of drug-likeness (QED) is 0.332. The van der Waals surface area contributed by atoms with Crippen molar-refractivity contribution in [2.75, 3.05) is 6.61 Å². The Morgan fingerprint density at radius 2 is 1.59 bits per heavy atom. The van der Waals surface area contributed by atoms with Crippen molar-refractivity contribution < 1.29 is 32.3 Å². The van der Waals surface area contributed by atoms with Crippen LogP contribution in [0.2, 0.25) is 0 Å². The van der Waals surface area contributed by atoms with Gasteiger partial charge >= 0.3 is 12.1 Å². The number of ketones is 2. The lowest BCUT2D eigenvalue weighted by Crippen LogP contribution is -2.66. The van der Waals surface area contributed by atoms with E-state index in [0.717, 1.165) is 37.7 Å². The molecule has 5 aliphatic carbocycles. The van der Waals surface area contributed by atoms with Gasteiger partial charge in [0.2, 0.25) is 0 Å². The smallest absolute Gasteiger partial charge is 0.422 e. The van der Waals surface area contributed by atoms with E-state index in [9.17, 15) is 27.6 Å². The maximum absolute atomic E-state index is 14.3. The van der Waals surface area contributed by atoms with Gasteiger partial charge in [-0.05, 0) is 97.9 Å². The topological polar surface area (TPSA) is 60.4 Å². The van der Waals surface area contributed by atoms with Crippen molar-refractivity contribution >= 4 is 17.5 Å². The molecule has 0 radical (unpaired) electrons. The predicted octanol–water partition coefficient (Wildman–Crippen LogP) is 7.64. The van der Waals surface area contributed by atoms with Crippen LogP contribution in [-0.4, -0.2) is 30.3 Å². The largest absolute Gasteiger partial charge is 0.456 e. The Hall–Kier alpha value is -1.66. The van der Waals surface area contributed by atoms with Crippen molar-refractivity contribution in [2.45, 2.75) is 112 Å². The van der Waals surface area contributed by atoms with Crippen molar-refractivity contribution in [3.05, 3.63) is 11.6 Å². The Balaban J connectivity index is 1.53. The molecule has 4 nitrogen and oxygen atoms in total. The normalized spacial score (nSPS) is 47.2. The third-order valence-electron chi connectivity index (χ3n) is 13.2. The minimum Gasteiger partial charge on any atom is -0.456 e. The summed E-state index contributed by atoms with van der Waals surface area (Å²) in [5, 5.41) is 0. The van der Waals surface area contributed by atoms with E-state index in [1.807, 2.05) is 6.08 Å². The van der Waals surface area contributed by atoms with Gasteiger partial charge in [0.05, 0.1) is 5.41 Å². The summed E-state index contributed by atoms with van der Waals surface area (Å²) in [6.45, 7) is 13.3. The third-order valence-corrected chi connectivity index (χ3v) is 13.2. The summed E-state index contributed by atoms with van der Waals surface area (Å²) in [5.41, 5.74) is -1.30. The second kappa shape index (κ2) is 8.44. The maximum Gasteiger partial charge on any atom is 0.422 e. The highest BCUT2D eigenvalue weighted by Crippen LogP contribution is 2.74. The van der Waals surface area contributed by atoms with Crippen molar-refractivity contribution in [1.82, 2.24) is 0 Å². The number of ether oxygens (including phenoxy) is 1. The fourth-order valence-electron chi connectivity index (χ4n) is 10.5. The fraction of sp³-hybridized carbons (Fsp3) is 0.844. The van der Waals surface area contributed by atoms with E-state index in [1.165, 1.54) is 0 Å².